The van der Waals surface area contributed by atoms with Gasteiger partial charge in [-0.25, -0.2) is 0 Å². The predicted molar refractivity (Wildman–Crippen MR) is 64.3 cm³/mol. The molecule has 82 valence electrons. The van der Waals surface area contributed by atoms with Gasteiger partial charge in [0.15, 0.2) is 0 Å². The second-order valence-corrected chi connectivity index (χ2v) is 4.11. The van der Waals surface area contributed by atoms with E-state index in [-0.39, 0.29) is 5.91 Å². The van der Waals surface area contributed by atoms with Crippen LogP contribution in [-0.2, 0) is 0 Å². The van der Waals surface area contributed by atoms with Gasteiger partial charge in [0, 0.05) is 23.5 Å². The lowest BCUT2D eigenvalue weighted by Crippen LogP contribution is -2.29. The van der Waals surface area contributed by atoms with Crippen molar-refractivity contribution in [2.24, 2.45) is 5.73 Å². The number of nitrogens with two attached hydrogens (primary N) is 1. The highest BCUT2D eigenvalue weighted by atomic mass is 32.2. The summed E-state index contributed by atoms with van der Waals surface area (Å²) in [6.45, 7) is 2.91. The Bertz CT molecular complexity index is 352. The molecular weight excluding hydrogens is 208 g/mol. The van der Waals surface area contributed by atoms with E-state index in [0.29, 0.717) is 13.1 Å². The van der Waals surface area contributed by atoms with Crippen LogP contribution in [0.1, 0.15) is 15.9 Å². The molecule has 0 aliphatic rings. The lowest BCUT2D eigenvalue weighted by Gasteiger charge is -2.08. The molecule has 0 saturated carbocycles. The van der Waals surface area contributed by atoms with E-state index in [9.17, 15) is 4.79 Å². The van der Waals surface area contributed by atoms with Gasteiger partial charge in [0.2, 0.25) is 0 Å². The maximum absolute atomic E-state index is 11.7. The van der Waals surface area contributed by atoms with E-state index in [1.54, 1.807) is 11.8 Å². The number of carbonyl (C=O) groups is 1. The van der Waals surface area contributed by atoms with E-state index >= 15 is 0 Å². The van der Waals surface area contributed by atoms with E-state index in [1.165, 1.54) is 0 Å². The maximum atomic E-state index is 11.7. The zero-order chi connectivity index (χ0) is 11.3. The van der Waals surface area contributed by atoms with E-state index in [0.717, 1.165) is 16.0 Å². The van der Waals surface area contributed by atoms with Gasteiger partial charge in [-0.1, -0.05) is 6.07 Å². The van der Waals surface area contributed by atoms with E-state index in [2.05, 4.69) is 5.32 Å². The van der Waals surface area contributed by atoms with Gasteiger partial charge >= 0.3 is 0 Å². The Morgan fingerprint density at radius 3 is 2.87 bits per heavy atom. The van der Waals surface area contributed by atoms with Crippen LogP contribution in [-0.4, -0.2) is 25.3 Å². The van der Waals surface area contributed by atoms with Crippen molar-refractivity contribution in [2.75, 3.05) is 19.3 Å². The molecule has 0 bridgehead atoms. The average molecular weight is 224 g/mol. The summed E-state index contributed by atoms with van der Waals surface area (Å²) in [5, 5.41) is 2.77. The molecule has 0 aliphatic heterocycles. The molecule has 0 aromatic heterocycles. The molecule has 0 unspecified atom stereocenters. The molecule has 4 heteroatoms. The first-order valence-corrected chi connectivity index (χ1v) is 6.04. The summed E-state index contributed by atoms with van der Waals surface area (Å²) in [6, 6.07) is 5.88. The minimum Gasteiger partial charge on any atom is -0.351 e. The van der Waals surface area contributed by atoms with Crippen molar-refractivity contribution in [3.05, 3.63) is 29.3 Å². The lowest BCUT2D eigenvalue weighted by molar-refractivity contribution is 0.0954. The molecule has 0 spiro atoms. The first-order valence-electron chi connectivity index (χ1n) is 4.82. The second-order valence-electron chi connectivity index (χ2n) is 3.23. The van der Waals surface area contributed by atoms with Crippen LogP contribution in [0.4, 0.5) is 0 Å². The minimum absolute atomic E-state index is 0.0474. The molecule has 0 fully saturated rings. The first kappa shape index (κ1) is 12.1. The molecule has 0 radical (unpaired) electrons. The highest BCUT2D eigenvalue weighted by Crippen LogP contribution is 2.18. The van der Waals surface area contributed by atoms with Crippen LogP contribution < -0.4 is 11.1 Å². The number of hydrogen-bond donors (Lipinski definition) is 2. The molecule has 0 saturated heterocycles. The second kappa shape index (κ2) is 5.78. The summed E-state index contributed by atoms with van der Waals surface area (Å²) in [4.78, 5) is 12.8. The van der Waals surface area contributed by atoms with Gasteiger partial charge < -0.3 is 11.1 Å². The molecule has 3 nitrogen and oxygen atoms in total. The molecule has 0 atom stereocenters. The molecule has 15 heavy (non-hydrogen) atoms. The average Bonchev–Trinajstić information content (AvgIpc) is 2.26. The Morgan fingerprint density at radius 2 is 2.27 bits per heavy atom. The van der Waals surface area contributed by atoms with Gasteiger partial charge in [0.05, 0.1) is 0 Å². The summed E-state index contributed by atoms with van der Waals surface area (Å²) in [5.74, 6) is -0.0474. The van der Waals surface area contributed by atoms with Gasteiger partial charge in [0.25, 0.3) is 5.91 Å². The fourth-order valence-corrected chi connectivity index (χ4v) is 1.69. The van der Waals surface area contributed by atoms with Crippen LogP contribution >= 0.6 is 11.8 Å². The monoisotopic (exact) mass is 224 g/mol. The summed E-state index contributed by atoms with van der Waals surface area (Å²) in [5.41, 5.74) is 7.05. The van der Waals surface area contributed by atoms with Crippen molar-refractivity contribution < 1.29 is 4.79 Å². The maximum Gasteiger partial charge on any atom is 0.251 e. The van der Waals surface area contributed by atoms with E-state index in [4.69, 9.17) is 5.73 Å². The topological polar surface area (TPSA) is 55.1 Å². The largest absolute Gasteiger partial charge is 0.351 e. The fraction of sp³-hybridized carbons (Fsp3) is 0.364. The summed E-state index contributed by atoms with van der Waals surface area (Å²) < 4.78 is 0. The van der Waals surface area contributed by atoms with Gasteiger partial charge in [-0.2, -0.15) is 0 Å². The van der Waals surface area contributed by atoms with Crippen LogP contribution in [0.3, 0.4) is 0 Å². The Balaban J connectivity index is 2.86. The van der Waals surface area contributed by atoms with Crippen LogP contribution in [0.2, 0.25) is 0 Å². The van der Waals surface area contributed by atoms with Crippen molar-refractivity contribution in [3.8, 4) is 0 Å². The normalized spacial score (nSPS) is 10.1. The SMILES string of the molecule is CSc1ccc(C)c(C(=O)NCCN)c1. The Kier molecular flexibility index (Phi) is 4.65. The van der Waals surface area contributed by atoms with Gasteiger partial charge in [-0.05, 0) is 30.9 Å². The summed E-state index contributed by atoms with van der Waals surface area (Å²) >= 11 is 1.63. The number of hydrogen-bond acceptors (Lipinski definition) is 3. The van der Waals surface area contributed by atoms with Gasteiger partial charge in [-0.3, -0.25) is 4.79 Å². The zero-order valence-electron chi connectivity index (χ0n) is 9.04. The Hall–Kier alpha value is -1.00. The number of thioether (sulfide) groups is 1. The molecule has 1 rings (SSSR count). The number of rotatable bonds is 4. The summed E-state index contributed by atoms with van der Waals surface area (Å²) in [7, 11) is 0. The third kappa shape index (κ3) is 3.25. The van der Waals surface area contributed by atoms with E-state index in [1.807, 2.05) is 31.4 Å². The third-order valence-corrected chi connectivity index (χ3v) is 2.84. The highest BCUT2D eigenvalue weighted by Gasteiger charge is 2.08. The number of aryl methyl sites for hydroxylation is 1. The van der Waals surface area contributed by atoms with Crippen LogP contribution in [0.15, 0.2) is 23.1 Å². The smallest absolute Gasteiger partial charge is 0.251 e. The van der Waals surface area contributed by atoms with Crippen molar-refractivity contribution in [1.29, 1.82) is 0 Å². The molecule has 1 aromatic carbocycles. The van der Waals surface area contributed by atoms with Crippen LogP contribution in [0.25, 0.3) is 0 Å². The molecule has 1 aromatic rings. The van der Waals surface area contributed by atoms with Crippen molar-refractivity contribution >= 4 is 17.7 Å². The number of amides is 1. The Labute approximate surface area is 94.4 Å². The summed E-state index contributed by atoms with van der Waals surface area (Å²) in [6.07, 6.45) is 1.99. The van der Waals surface area contributed by atoms with Crippen molar-refractivity contribution in [1.82, 2.24) is 5.32 Å². The van der Waals surface area contributed by atoms with Crippen molar-refractivity contribution in [2.45, 2.75) is 11.8 Å². The molecule has 0 heterocycles. The molecule has 0 aliphatic carbocycles. The van der Waals surface area contributed by atoms with E-state index < -0.39 is 0 Å². The quantitative estimate of drug-likeness (QED) is 0.760. The highest BCUT2D eigenvalue weighted by molar-refractivity contribution is 7.98. The van der Waals surface area contributed by atoms with Gasteiger partial charge in [-0.15, -0.1) is 11.8 Å². The molecular formula is C11H16N2OS. The standard InChI is InChI=1S/C11H16N2OS/c1-8-3-4-9(15-2)7-10(8)11(14)13-6-5-12/h3-4,7H,5-6,12H2,1-2H3,(H,13,14). The van der Waals surface area contributed by atoms with Crippen LogP contribution in [0.5, 0.6) is 0 Å². The molecule has 1 amide bonds. The third-order valence-electron chi connectivity index (χ3n) is 2.12. The van der Waals surface area contributed by atoms with Crippen molar-refractivity contribution in [3.63, 3.8) is 0 Å². The van der Waals surface area contributed by atoms with Gasteiger partial charge in [0.1, 0.15) is 0 Å². The predicted octanol–water partition coefficient (Wildman–Crippen LogP) is 1.41. The van der Waals surface area contributed by atoms with Crippen LogP contribution in [0, 0.1) is 6.92 Å². The number of nitrogens with one attached hydrogen (secondary N) is 1. The lowest BCUT2D eigenvalue weighted by atomic mass is 10.1. The Morgan fingerprint density at radius 1 is 1.53 bits per heavy atom. The zero-order valence-corrected chi connectivity index (χ0v) is 9.86. The first-order chi connectivity index (χ1) is 7.19. The number of benzene rings is 1. The molecule has 3 N–H and O–H groups in total. The number of carbonyl (C=O) groups excluding carboxylic acids is 1. The minimum atomic E-state index is -0.0474. The fourth-order valence-electron chi connectivity index (χ4n) is 1.25.